The number of hydrogen-bond donors (Lipinski definition) is 1. The number of nitrogens with one attached hydrogen (secondary N) is 1. The van der Waals surface area contributed by atoms with Crippen molar-refractivity contribution in [3.05, 3.63) is 42.5 Å². The summed E-state index contributed by atoms with van der Waals surface area (Å²) in [5.41, 5.74) is 0.643. The lowest BCUT2D eigenvalue weighted by atomic mass is 9.99. The molecule has 0 fully saturated rings. The van der Waals surface area contributed by atoms with Crippen LogP contribution in [0.4, 0.5) is 5.69 Å². The Balaban J connectivity index is 3.21. The van der Waals surface area contributed by atoms with Gasteiger partial charge in [0.1, 0.15) is 6.10 Å². The summed E-state index contributed by atoms with van der Waals surface area (Å²) in [4.78, 5) is 13.0. The Morgan fingerprint density at radius 2 is 1.67 bits per heavy atom. The number of rotatable bonds is 14. The molecule has 8 heteroatoms. The lowest BCUT2D eigenvalue weighted by Crippen LogP contribution is -2.49. The van der Waals surface area contributed by atoms with Gasteiger partial charge in [-0.05, 0) is 36.7 Å². The fraction of sp³-hybridized carbons (Fsp3) is 0.640. The average molecular weight is 498 g/mol. The molecule has 0 radical (unpaired) electrons. The summed E-state index contributed by atoms with van der Waals surface area (Å²) < 4.78 is 36.5. The fourth-order valence-electron chi connectivity index (χ4n) is 3.17. The van der Waals surface area contributed by atoms with E-state index in [-0.39, 0.29) is 10.6 Å². The van der Waals surface area contributed by atoms with Gasteiger partial charge in [-0.3, -0.25) is 8.98 Å². The highest BCUT2D eigenvalue weighted by Gasteiger charge is 2.42. The zero-order chi connectivity index (χ0) is 25.3. The van der Waals surface area contributed by atoms with Gasteiger partial charge in [0.05, 0.1) is 12.4 Å². The quantitative estimate of drug-likeness (QED) is 0.142. The van der Waals surface area contributed by atoms with Crippen LogP contribution < -0.4 is 5.32 Å². The number of para-hydroxylation sites is 1. The smallest absolute Gasteiger partial charge is 0.265 e. The van der Waals surface area contributed by atoms with Crippen LogP contribution in [-0.2, 0) is 23.5 Å². The van der Waals surface area contributed by atoms with E-state index >= 15 is 0 Å². The van der Waals surface area contributed by atoms with Gasteiger partial charge in [-0.2, -0.15) is 8.42 Å². The summed E-state index contributed by atoms with van der Waals surface area (Å²) in [6.45, 7) is 16.7. The first-order chi connectivity index (χ1) is 15.2. The van der Waals surface area contributed by atoms with Gasteiger partial charge in [0.25, 0.3) is 16.0 Å². The van der Waals surface area contributed by atoms with E-state index in [0.29, 0.717) is 12.1 Å². The fourth-order valence-corrected chi connectivity index (χ4v) is 5.14. The third-order valence-electron chi connectivity index (χ3n) is 6.13. The summed E-state index contributed by atoms with van der Waals surface area (Å²) in [7, 11) is -6.14. The molecule has 1 amide bonds. The number of benzene rings is 1. The maximum Gasteiger partial charge on any atom is 0.265 e. The van der Waals surface area contributed by atoms with E-state index in [0.717, 1.165) is 38.4 Å². The molecule has 0 aliphatic carbocycles. The van der Waals surface area contributed by atoms with Crippen LogP contribution in [0.2, 0.25) is 18.1 Å². The number of amides is 1. The Hall–Kier alpha value is -1.48. The molecule has 1 aromatic carbocycles. The predicted octanol–water partition coefficient (Wildman–Crippen LogP) is 6.28. The van der Waals surface area contributed by atoms with Crippen LogP contribution in [0.3, 0.4) is 0 Å². The number of anilines is 1. The second kappa shape index (κ2) is 12.8. The van der Waals surface area contributed by atoms with Crippen molar-refractivity contribution in [1.82, 2.24) is 0 Å². The highest BCUT2D eigenvalue weighted by atomic mass is 32.2. The minimum atomic E-state index is -3.86. The predicted molar refractivity (Wildman–Crippen MR) is 139 cm³/mol. The monoisotopic (exact) mass is 497 g/mol. The molecule has 0 aromatic heterocycles. The van der Waals surface area contributed by atoms with E-state index in [1.165, 1.54) is 0 Å². The van der Waals surface area contributed by atoms with Gasteiger partial charge in [0.15, 0.2) is 8.32 Å². The largest absolute Gasteiger partial charge is 0.411 e. The SMILES string of the molecule is C=C(C(=O)Nc1ccccc1)[C@@H](OS(C)(=O)=O)[C@@H](CCCCCCC)O[Si](C)(C)C(C)(C)C. The normalized spacial score (nSPS) is 14.5. The van der Waals surface area contributed by atoms with Gasteiger partial charge < -0.3 is 9.74 Å². The summed E-state index contributed by atoms with van der Waals surface area (Å²) in [5, 5.41) is 2.70. The van der Waals surface area contributed by atoms with Crippen LogP contribution in [0, 0.1) is 0 Å². The molecule has 0 aliphatic rings. The van der Waals surface area contributed by atoms with Crippen LogP contribution in [0.25, 0.3) is 0 Å². The van der Waals surface area contributed by atoms with Gasteiger partial charge >= 0.3 is 0 Å². The van der Waals surface area contributed by atoms with E-state index in [4.69, 9.17) is 8.61 Å². The molecule has 2 atom stereocenters. The Bertz CT molecular complexity index is 863. The topological polar surface area (TPSA) is 81.7 Å². The third kappa shape index (κ3) is 10.5. The number of unbranched alkanes of at least 4 members (excludes halogenated alkanes) is 4. The van der Waals surface area contributed by atoms with Gasteiger partial charge in [0, 0.05) is 11.3 Å². The van der Waals surface area contributed by atoms with Crippen LogP contribution in [0.15, 0.2) is 42.5 Å². The molecule has 0 aliphatic heterocycles. The molecule has 0 saturated heterocycles. The Labute approximate surface area is 202 Å². The lowest BCUT2D eigenvalue weighted by Gasteiger charge is -2.41. The van der Waals surface area contributed by atoms with Crippen LogP contribution in [0.5, 0.6) is 0 Å². The molecule has 33 heavy (non-hydrogen) atoms. The van der Waals surface area contributed by atoms with Gasteiger partial charge in [-0.1, -0.05) is 84.6 Å². The summed E-state index contributed by atoms with van der Waals surface area (Å²) >= 11 is 0. The summed E-state index contributed by atoms with van der Waals surface area (Å²) in [6, 6.07) is 8.98. The molecule has 1 aromatic rings. The number of hydrogen-bond acceptors (Lipinski definition) is 5. The first-order valence-electron chi connectivity index (χ1n) is 11.8. The molecule has 6 nitrogen and oxygen atoms in total. The average Bonchev–Trinajstić information content (AvgIpc) is 2.69. The van der Waals surface area contributed by atoms with E-state index in [9.17, 15) is 13.2 Å². The van der Waals surface area contributed by atoms with Crippen molar-refractivity contribution in [1.29, 1.82) is 0 Å². The number of carbonyl (C=O) groups excluding carboxylic acids is 1. The van der Waals surface area contributed by atoms with E-state index in [1.807, 2.05) is 18.2 Å². The van der Waals surface area contributed by atoms with E-state index in [1.54, 1.807) is 12.1 Å². The van der Waals surface area contributed by atoms with Gasteiger partial charge in [0.2, 0.25) is 0 Å². The van der Waals surface area contributed by atoms with Crippen molar-refractivity contribution in [2.24, 2.45) is 0 Å². The Morgan fingerprint density at radius 1 is 1.09 bits per heavy atom. The Kier molecular flexibility index (Phi) is 11.5. The standard InChI is InChI=1S/C25H43NO5SSi/c1-9-10-11-12-16-19-22(31-33(7,8)25(3,4)5)23(30-32(6,28)29)20(2)24(27)26-21-17-14-13-15-18-21/h13-15,17-18,22-23H,2,9-12,16,19H2,1,3-8H3,(H,26,27)/t22-,23-/m1/s1. The lowest BCUT2D eigenvalue weighted by molar-refractivity contribution is -0.114. The molecule has 0 heterocycles. The molecule has 0 unspecified atom stereocenters. The third-order valence-corrected chi connectivity index (χ3v) is 11.2. The second-order valence-electron chi connectivity index (χ2n) is 10.2. The highest BCUT2D eigenvalue weighted by Crippen LogP contribution is 2.39. The van der Waals surface area contributed by atoms with Crippen LogP contribution in [-0.4, -0.2) is 41.1 Å². The van der Waals surface area contributed by atoms with Crippen LogP contribution in [0.1, 0.15) is 66.2 Å². The zero-order valence-corrected chi connectivity index (χ0v) is 23.3. The molecule has 0 saturated carbocycles. The van der Waals surface area contributed by atoms with Crippen LogP contribution >= 0.6 is 0 Å². The number of carbonyl (C=O) groups is 1. The van der Waals surface area contributed by atoms with E-state index in [2.05, 4.69) is 52.7 Å². The summed E-state index contributed by atoms with van der Waals surface area (Å²) in [5.74, 6) is -0.482. The minimum Gasteiger partial charge on any atom is -0.411 e. The van der Waals surface area contributed by atoms with Crippen molar-refractivity contribution >= 4 is 30.0 Å². The van der Waals surface area contributed by atoms with Crippen molar-refractivity contribution in [3.63, 3.8) is 0 Å². The molecular weight excluding hydrogens is 454 g/mol. The molecule has 0 bridgehead atoms. The van der Waals surface area contributed by atoms with E-state index < -0.39 is 36.6 Å². The maximum absolute atomic E-state index is 13.0. The Morgan fingerprint density at radius 3 is 2.18 bits per heavy atom. The summed E-state index contributed by atoms with van der Waals surface area (Å²) in [6.07, 6.45) is 5.18. The highest BCUT2D eigenvalue weighted by molar-refractivity contribution is 7.86. The first-order valence-corrected chi connectivity index (χ1v) is 16.5. The molecule has 1 N–H and O–H groups in total. The molecule has 0 spiro atoms. The molecular formula is C25H43NO5SSi. The van der Waals surface area contributed by atoms with Crippen molar-refractivity contribution in [3.8, 4) is 0 Å². The van der Waals surface area contributed by atoms with Crippen molar-refractivity contribution in [2.45, 2.75) is 96.6 Å². The van der Waals surface area contributed by atoms with Crippen molar-refractivity contribution in [2.75, 3.05) is 11.6 Å². The maximum atomic E-state index is 13.0. The minimum absolute atomic E-state index is 0.0431. The van der Waals surface area contributed by atoms with Crippen molar-refractivity contribution < 1.29 is 21.8 Å². The first kappa shape index (κ1) is 29.5. The second-order valence-corrected chi connectivity index (χ2v) is 16.5. The molecule has 188 valence electrons. The van der Waals surface area contributed by atoms with Gasteiger partial charge in [-0.25, -0.2) is 0 Å². The van der Waals surface area contributed by atoms with Gasteiger partial charge in [-0.15, -0.1) is 0 Å². The zero-order valence-electron chi connectivity index (χ0n) is 21.4. The molecule has 1 rings (SSSR count).